The number of fused-ring (bicyclic) bond motifs is 1. The van der Waals surface area contributed by atoms with Gasteiger partial charge in [0, 0.05) is 31.6 Å². The molecular formula is C15H17N3O3. The van der Waals surface area contributed by atoms with Crippen LogP contribution in [-0.4, -0.2) is 35.7 Å². The highest BCUT2D eigenvalue weighted by atomic mass is 16.2. The first-order valence-electron chi connectivity index (χ1n) is 7.06. The third-order valence-corrected chi connectivity index (χ3v) is 4.06. The van der Waals surface area contributed by atoms with Crippen molar-refractivity contribution in [2.45, 2.75) is 25.3 Å². The summed E-state index contributed by atoms with van der Waals surface area (Å²) in [5.41, 5.74) is 7.79. The molecule has 0 bridgehead atoms. The molecule has 0 saturated carbocycles. The van der Waals surface area contributed by atoms with Gasteiger partial charge in [0.25, 0.3) is 5.91 Å². The number of benzene rings is 1. The average molecular weight is 287 g/mol. The maximum absolute atomic E-state index is 12.5. The molecule has 6 nitrogen and oxygen atoms in total. The second-order valence-corrected chi connectivity index (χ2v) is 5.40. The predicted octanol–water partition coefficient (Wildman–Crippen LogP) is 0.121. The Hall–Kier alpha value is -2.21. The van der Waals surface area contributed by atoms with Crippen LogP contribution in [0.5, 0.6) is 0 Å². The maximum atomic E-state index is 12.5. The van der Waals surface area contributed by atoms with Gasteiger partial charge >= 0.3 is 0 Å². The summed E-state index contributed by atoms with van der Waals surface area (Å²) < 4.78 is 0. The Bertz CT molecular complexity index is 627. The van der Waals surface area contributed by atoms with Crippen LogP contribution >= 0.6 is 0 Å². The van der Waals surface area contributed by atoms with Crippen molar-refractivity contribution in [2.24, 2.45) is 5.73 Å². The summed E-state index contributed by atoms with van der Waals surface area (Å²) in [6.07, 6.45) is 0.756. The largest absolute Gasteiger partial charge is 0.333 e. The number of rotatable bonds is 3. The van der Waals surface area contributed by atoms with Crippen LogP contribution in [0, 0.1) is 0 Å². The number of carbonyl (C=O) groups excluding carboxylic acids is 3. The molecular weight excluding hydrogens is 270 g/mol. The van der Waals surface area contributed by atoms with Crippen molar-refractivity contribution in [3.8, 4) is 0 Å². The predicted molar refractivity (Wildman–Crippen MR) is 75.4 cm³/mol. The van der Waals surface area contributed by atoms with E-state index in [0.29, 0.717) is 38.0 Å². The fourth-order valence-electron chi connectivity index (χ4n) is 3.07. The molecule has 1 aromatic carbocycles. The lowest BCUT2D eigenvalue weighted by Gasteiger charge is -2.22. The van der Waals surface area contributed by atoms with Gasteiger partial charge in [0.05, 0.1) is 5.92 Å². The van der Waals surface area contributed by atoms with Gasteiger partial charge in [-0.15, -0.1) is 0 Å². The molecule has 0 spiro atoms. The molecule has 1 aromatic rings. The molecule has 110 valence electrons. The number of piperidine rings is 1. The summed E-state index contributed by atoms with van der Waals surface area (Å²) in [6, 6.07) is 5.57. The van der Waals surface area contributed by atoms with Crippen molar-refractivity contribution < 1.29 is 14.4 Å². The summed E-state index contributed by atoms with van der Waals surface area (Å²) in [6.45, 7) is 1.45. The summed E-state index contributed by atoms with van der Waals surface area (Å²) in [5, 5.41) is 2.35. The molecule has 2 aliphatic heterocycles. The molecule has 1 saturated heterocycles. The highest BCUT2D eigenvalue weighted by Gasteiger charge is 2.35. The fourth-order valence-corrected chi connectivity index (χ4v) is 3.07. The van der Waals surface area contributed by atoms with E-state index < -0.39 is 5.92 Å². The lowest BCUT2D eigenvalue weighted by Crippen LogP contribution is -2.40. The Morgan fingerprint density at radius 2 is 2.10 bits per heavy atom. The van der Waals surface area contributed by atoms with Crippen molar-refractivity contribution in [2.75, 3.05) is 13.1 Å². The monoisotopic (exact) mass is 287 g/mol. The normalized spacial score (nSPS) is 21.5. The number of nitrogens with one attached hydrogen (secondary N) is 1. The first kappa shape index (κ1) is 13.8. The van der Waals surface area contributed by atoms with Crippen molar-refractivity contribution in [1.29, 1.82) is 0 Å². The number of imide groups is 1. The van der Waals surface area contributed by atoms with Crippen LogP contribution in [-0.2, 0) is 16.1 Å². The molecule has 1 fully saturated rings. The molecule has 3 N–H and O–H groups in total. The Morgan fingerprint density at radius 1 is 1.29 bits per heavy atom. The molecule has 0 aliphatic carbocycles. The minimum Gasteiger partial charge on any atom is -0.333 e. The smallest absolute Gasteiger partial charge is 0.254 e. The summed E-state index contributed by atoms with van der Waals surface area (Å²) in [7, 11) is 0. The highest BCUT2D eigenvalue weighted by molar-refractivity contribution is 6.05. The van der Waals surface area contributed by atoms with Gasteiger partial charge in [-0.1, -0.05) is 18.2 Å². The van der Waals surface area contributed by atoms with Crippen LogP contribution < -0.4 is 11.1 Å². The molecule has 3 amide bonds. The lowest BCUT2D eigenvalue weighted by atomic mass is 9.86. The van der Waals surface area contributed by atoms with E-state index in [1.54, 1.807) is 4.90 Å². The number of hydrogen-bond acceptors (Lipinski definition) is 4. The van der Waals surface area contributed by atoms with E-state index in [9.17, 15) is 14.4 Å². The standard InChI is InChI=1S/C15H17N3O3/c16-6-7-18-8-9-2-1-3-10(13(9)15(18)21)11-4-5-12(19)17-14(11)20/h1-3,11H,4-8,16H2,(H,17,19,20). The number of carbonyl (C=O) groups is 3. The van der Waals surface area contributed by atoms with Crippen molar-refractivity contribution >= 4 is 17.7 Å². The Kier molecular flexibility index (Phi) is 3.47. The van der Waals surface area contributed by atoms with Crippen LogP contribution in [0.2, 0.25) is 0 Å². The van der Waals surface area contributed by atoms with E-state index in [4.69, 9.17) is 5.73 Å². The van der Waals surface area contributed by atoms with Crippen LogP contribution in [0.3, 0.4) is 0 Å². The zero-order valence-electron chi connectivity index (χ0n) is 11.6. The van der Waals surface area contributed by atoms with Gasteiger partial charge < -0.3 is 10.6 Å². The number of hydrogen-bond donors (Lipinski definition) is 2. The zero-order chi connectivity index (χ0) is 15.0. The third-order valence-electron chi connectivity index (χ3n) is 4.06. The average Bonchev–Trinajstić information content (AvgIpc) is 2.76. The second-order valence-electron chi connectivity index (χ2n) is 5.40. The second kappa shape index (κ2) is 5.29. The van der Waals surface area contributed by atoms with Gasteiger partial charge in [-0.2, -0.15) is 0 Å². The van der Waals surface area contributed by atoms with E-state index in [2.05, 4.69) is 5.32 Å². The van der Waals surface area contributed by atoms with E-state index >= 15 is 0 Å². The summed E-state index contributed by atoms with van der Waals surface area (Å²) in [4.78, 5) is 37.5. The minimum atomic E-state index is -0.431. The van der Waals surface area contributed by atoms with Gasteiger partial charge in [0.15, 0.2) is 0 Å². The third kappa shape index (κ3) is 2.31. The van der Waals surface area contributed by atoms with Gasteiger partial charge in [0.1, 0.15) is 0 Å². The molecule has 0 radical (unpaired) electrons. The molecule has 2 aliphatic rings. The molecule has 3 rings (SSSR count). The van der Waals surface area contributed by atoms with Crippen LogP contribution in [0.25, 0.3) is 0 Å². The van der Waals surface area contributed by atoms with Crippen LogP contribution in [0.15, 0.2) is 18.2 Å². The number of amides is 3. The first-order chi connectivity index (χ1) is 10.1. The molecule has 21 heavy (non-hydrogen) atoms. The topological polar surface area (TPSA) is 92.5 Å². The number of nitrogens with zero attached hydrogens (tertiary/aromatic N) is 1. The van der Waals surface area contributed by atoms with Gasteiger partial charge in [-0.25, -0.2) is 0 Å². The Balaban J connectivity index is 1.96. The van der Waals surface area contributed by atoms with E-state index in [1.807, 2.05) is 18.2 Å². The Morgan fingerprint density at radius 3 is 2.81 bits per heavy atom. The van der Waals surface area contributed by atoms with Crippen molar-refractivity contribution in [3.63, 3.8) is 0 Å². The van der Waals surface area contributed by atoms with Crippen LogP contribution in [0.1, 0.15) is 40.2 Å². The highest BCUT2D eigenvalue weighted by Crippen LogP contribution is 2.33. The van der Waals surface area contributed by atoms with E-state index in [1.165, 1.54) is 0 Å². The van der Waals surface area contributed by atoms with E-state index in [-0.39, 0.29) is 17.7 Å². The molecule has 1 atom stereocenters. The van der Waals surface area contributed by atoms with Gasteiger partial charge in [0.2, 0.25) is 11.8 Å². The van der Waals surface area contributed by atoms with Crippen LogP contribution in [0.4, 0.5) is 0 Å². The minimum absolute atomic E-state index is 0.0734. The van der Waals surface area contributed by atoms with Gasteiger partial charge in [-0.05, 0) is 17.5 Å². The summed E-state index contributed by atoms with van der Waals surface area (Å²) in [5.74, 6) is -1.07. The quantitative estimate of drug-likeness (QED) is 0.772. The first-order valence-corrected chi connectivity index (χ1v) is 7.06. The van der Waals surface area contributed by atoms with Crippen molar-refractivity contribution in [1.82, 2.24) is 10.2 Å². The molecule has 2 heterocycles. The molecule has 0 aromatic heterocycles. The summed E-state index contributed by atoms with van der Waals surface area (Å²) >= 11 is 0. The SMILES string of the molecule is NCCN1Cc2cccc(C3CCC(=O)NC3=O)c2C1=O. The zero-order valence-corrected chi connectivity index (χ0v) is 11.6. The number of nitrogens with two attached hydrogens (primary N) is 1. The molecule has 1 unspecified atom stereocenters. The Labute approximate surface area is 122 Å². The van der Waals surface area contributed by atoms with Crippen molar-refractivity contribution in [3.05, 3.63) is 34.9 Å². The van der Waals surface area contributed by atoms with Gasteiger partial charge in [-0.3, -0.25) is 19.7 Å². The maximum Gasteiger partial charge on any atom is 0.254 e. The fraction of sp³-hybridized carbons (Fsp3) is 0.400. The lowest BCUT2D eigenvalue weighted by molar-refractivity contribution is -0.134. The van der Waals surface area contributed by atoms with E-state index in [0.717, 1.165) is 11.1 Å². The molecule has 6 heteroatoms.